The van der Waals surface area contributed by atoms with E-state index in [1.165, 1.54) is 11.6 Å². The third-order valence-electron chi connectivity index (χ3n) is 3.25. The summed E-state index contributed by atoms with van der Waals surface area (Å²) in [5, 5.41) is 3.46. The zero-order valence-electron chi connectivity index (χ0n) is 11.1. The molecule has 0 amide bonds. The maximum absolute atomic E-state index is 13.0. The van der Waals surface area contributed by atoms with E-state index in [1.54, 1.807) is 6.07 Å². The molecule has 19 heavy (non-hydrogen) atoms. The summed E-state index contributed by atoms with van der Waals surface area (Å²) >= 11 is 3.48. The van der Waals surface area contributed by atoms with E-state index < -0.39 is 0 Å². The molecule has 100 valence electrons. The normalized spacial score (nSPS) is 12.4. The average Bonchev–Trinajstić information content (AvgIpc) is 2.37. The molecule has 2 aromatic carbocycles. The monoisotopic (exact) mass is 321 g/mol. The second kappa shape index (κ2) is 6.31. The van der Waals surface area contributed by atoms with Crippen LogP contribution in [0.3, 0.4) is 0 Å². The summed E-state index contributed by atoms with van der Waals surface area (Å²) in [5.74, 6) is -0.179. The van der Waals surface area contributed by atoms with Gasteiger partial charge in [0.1, 0.15) is 5.82 Å². The minimum absolute atomic E-state index is 0.179. The molecule has 0 saturated carbocycles. The van der Waals surface area contributed by atoms with E-state index in [2.05, 4.69) is 40.3 Å². The Hall–Kier alpha value is -1.19. The summed E-state index contributed by atoms with van der Waals surface area (Å²) in [5.41, 5.74) is 3.34. The molecular weight excluding hydrogens is 305 g/mol. The molecule has 0 fully saturated rings. The topological polar surface area (TPSA) is 12.0 Å². The van der Waals surface area contributed by atoms with Gasteiger partial charge in [0.15, 0.2) is 0 Å². The largest absolute Gasteiger partial charge is 0.306 e. The highest BCUT2D eigenvalue weighted by atomic mass is 79.9. The van der Waals surface area contributed by atoms with Crippen molar-refractivity contribution in [1.29, 1.82) is 0 Å². The van der Waals surface area contributed by atoms with E-state index in [-0.39, 0.29) is 11.9 Å². The molecule has 0 spiro atoms. The van der Waals surface area contributed by atoms with Gasteiger partial charge in [-0.2, -0.15) is 0 Å². The first-order valence-electron chi connectivity index (χ1n) is 6.30. The van der Waals surface area contributed by atoms with Crippen LogP contribution in [0.2, 0.25) is 0 Å². The van der Waals surface area contributed by atoms with Crippen LogP contribution in [0.15, 0.2) is 46.9 Å². The van der Waals surface area contributed by atoms with Crippen LogP contribution in [0.25, 0.3) is 0 Å². The van der Waals surface area contributed by atoms with E-state index in [4.69, 9.17) is 0 Å². The minimum atomic E-state index is -0.179. The second-order valence-corrected chi connectivity index (χ2v) is 5.64. The van der Waals surface area contributed by atoms with E-state index >= 15 is 0 Å². The molecule has 1 atom stereocenters. The van der Waals surface area contributed by atoms with E-state index in [9.17, 15) is 4.39 Å². The summed E-state index contributed by atoms with van der Waals surface area (Å²) in [6.45, 7) is 4.80. The van der Waals surface area contributed by atoms with Gasteiger partial charge in [0.25, 0.3) is 0 Å². The number of hydrogen-bond acceptors (Lipinski definition) is 1. The Bertz CT molecular complexity index is 568. The maximum Gasteiger partial charge on any atom is 0.123 e. The zero-order valence-corrected chi connectivity index (χ0v) is 12.7. The SMILES string of the molecule is Cc1cc(F)ccc1CNC(C)c1cccc(Br)c1. The average molecular weight is 322 g/mol. The molecule has 0 aliphatic rings. The first-order valence-corrected chi connectivity index (χ1v) is 7.09. The lowest BCUT2D eigenvalue weighted by Gasteiger charge is -2.15. The number of aryl methyl sites for hydroxylation is 1. The third-order valence-corrected chi connectivity index (χ3v) is 3.75. The van der Waals surface area contributed by atoms with Crippen molar-refractivity contribution < 1.29 is 4.39 Å². The van der Waals surface area contributed by atoms with Crippen molar-refractivity contribution in [2.45, 2.75) is 26.4 Å². The standard InChI is InChI=1S/C16H17BrFN/c1-11-8-16(18)7-6-14(11)10-19-12(2)13-4-3-5-15(17)9-13/h3-9,12,19H,10H2,1-2H3. The molecule has 0 aromatic heterocycles. The molecular formula is C16H17BrFN. The van der Waals surface area contributed by atoms with Gasteiger partial charge in [0, 0.05) is 17.1 Å². The molecule has 0 radical (unpaired) electrons. The molecule has 0 bridgehead atoms. The van der Waals surface area contributed by atoms with Gasteiger partial charge in [0.2, 0.25) is 0 Å². The van der Waals surface area contributed by atoms with E-state index in [1.807, 2.05) is 25.1 Å². The zero-order chi connectivity index (χ0) is 13.8. The van der Waals surface area contributed by atoms with Crippen LogP contribution in [-0.4, -0.2) is 0 Å². The van der Waals surface area contributed by atoms with Gasteiger partial charge in [-0.3, -0.25) is 0 Å². The smallest absolute Gasteiger partial charge is 0.123 e. The van der Waals surface area contributed by atoms with Gasteiger partial charge in [-0.1, -0.05) is 34.1 Å². The Kier molecular flexibility index (Phi) is 4.72. The van der Waals surface area contributed by atoms with E-state index in [0.717, 1.165) is 22.1 Å². The number of hydrogen-bond donors (Lipinski definition) is 1. The number of rotatable bonds is 4. The summed E-state index contributed by atoms with van der Waals surface area (Å²) < 4.78 is 14.1. The third kappa shape index (κ3) is 3.88. The summed E-state index contributed by atoms with van der Waals surface area (Å²) in [6.07, 6.45) is 0. The van der Waals surface area contributed by atoms with Gasteiger partial charge in [-0.25, -0.2) is 4.39 Å². The van der Waals surface area contributed by atoms with Gasteiger partial charge in [-0.05, 0) is 54.8 Å². The van der Waals surface area contributed by atoms with Crippen molar-refractivity contribution in [2.75, 3.05) is 0 Å². The van der Waals surface area contributed by atoms with E-state index in [0.29, 0.717) is 0 Å². The fourth-order valence-electron chi connectivity index (χ4n) is 2.01. The van der Waals surface area contributed by atoms with Crippen LogP contribution in [-0.2, 0) is 6.54 Å². The highest BCUT2D eigenvalue weighted by molar-refractivity contribution is 9.10. The van der Waals surface area contributed by atoms with Crippen molar-refractivity contribution in [3.63, 3.8) is 0 Å². The Balaban J connectivity index is 2.02. The molecule has 2 rings (SSSR count). The quantitative estimate of drug-likeness (QED) is 0.857. The Morgan fingerprint density at radius 2 is 2.00 bits per heavy atom. The Labute approximate surface area is 122 Å². The van der Waals surface area contributed by atoms with Crippen LogP contribution in [0, 0.1) is 12.7 Å². The predicted molar refractivity (Wildman–Crippen MR) is 80.5 cm³/mol. The highest BCUT2D eigenvalue weighted by Crippen LogP contribution is 2.19. The number of benzene rings is 2. The lowest BCUT2D eigenvalue weighted by molar-refractivity contribution is 0.571. The maximum atomic E-state index is 13.0. The second-order valence-electron chi connectivity index (χ2n) is 4.73. The molecule has 1 nitrogen and oxygen atoms in total. The van der Waals surface area contributed by atoms with Gasteiger partial charge in [0.05, 0.1) is 0 Å². The fraction of sp³-hybridized carbons (Fsp3) is 0.250. The summed E-state index contributed by atoms with van der Waals surface area (Å²) in [6, 6.07) is 13.4. The number of halogens is 2. The fourth-order valence-corrected chi connectivity index (χ4v) is 2.43. The van der Waals surface area contributed by atoms with Crippen molar-refractivity contribution in [3.05, 3.63) is 69.4 Å². The molecule has 3 heteroatoms. The van der Waals surface area contributed by atoms with Crippen molar-refractivity contribution in [2.24, 2.45) is 0 Å². The minimum Gasteiger partial charge on any atom is -0.306 e. The molecule has 0 heterocycles. The van der Waals surface area contributed by atoms with Crippen LogP contribution in [0.5, 0.6) is 0 Å². The van der Waals surface area contributed by atoms with Crippen molar-refractivity contribution in [1.82, 2.24) is 5.32 Å². The molecule has 0 saturated heterocycles. The van der Waals surface area contributed by atoms with Gasteiger partial charge >= 0.3 is 0 Å². The molecule has 0 aliphatic carbocycles. The van der Waals surface area contributed by atoms with Crippen LogP contribution in [0.1, 0.15) is 29.7 Å². The van der Waals surface area contributed by atoms with Gasteiger partial charge < -0.3 is 5.32 Å². The van der Waals surface area contributed by atoms with Crippen molar-refractivity contribution in [3.8, 4) is 0 Å². The first-order chi connectivity index (χ1) is 9.06. The van der Waals surface area contributed by atoms with Crippen LogP contribution >= 0.6 is 15.9 Å². The molecule has 1 unspecified atom stereocenters. The lowest BCUT2D eigenvalue weighted by Crippen LogP contribution is -2.18. The van der Waals surface area contributed by atoms with Crippen LogP contribution in [0.4, 0.5) is 4.39 Å². The van der Waals surface area contributed by atoms with Gasteiger partial charge in [-0.15, -0.1) is 0 Å². The predicted octanol–water partition coefficient (Wildman–Crippen LogP) is 4.75. The highest BCUT2D eigenvalue weighted by Gasteiger charge is 2.06. The summed E-state index contributed by atoms with van der Waals surface area (Å²) in [7, 11) is 0. The summed E-state index contributed by atoms with van der Waals surface area (Å²) in [4.78, 5) is 0. The number of nitrogens with one attached hydrogen (secondary N) is 1. The van der Waals surface area contributed by atoms with Crippen molar-refractivity contribution >= 4 is 15.9 Å². The lowest BCUT2D eigenvalue weighted by atomic mass is 10.1. The van der Waals surface area contributed by atoms with Crippen LogP contribution < -0.4 is 5.32 Å². The molecule has 2 aromatic rings. The first kappa shape index (κ1) is 14.2. The Morgan fingerprint density at radius 3 is 2.68 bits per heavy atom. The molecule has 0 aliphatic heterocycles. The Morgan fingerprint density at radius 1 is 1.21 bits per heavy atom. The molecule has 1 N–H and O–H groups in total.